The van der Waals surface area contributed by atoms with Crippen LogP contribution in [0, 0.1) is 0 Å². The number of anilines is 1. The Balaban J connectivity index is 1.76. The number of allylic oxidation sites excluding steroid dienone is 1. The molecule has 174 valence electrons. The normalized spacial score (nSPS) is 16.3. The van der Waals surface area contributed by atoms with Crippen molar-refractivity contribution < 1.29 is 19.4 Å². The van der Waals surface area contributed by atoms with Crippen molar-refractivity contribution in [2.75, 3.05) is 12.4 Å². The van der Waals surface area contributed by atoms with Gasteiger partial charge in [0.15, 0.2) is 0 Å². The largest absolute Gasteiger partial charge is 0.497 e. The van der Waals surface area contributed by atoms with Gasteiger partial charge in [0.1, 0.15) is 18.0 Å². The molecule has 33 heavy (non-hydrogen) atoms. The summed E-state index contributed by atoms with van der Waals surface area (Å²) in [4.78, 5) is 25.9. The average molecular weight is 450 g/mol. The van der Waals surface area contributed by atoms with Crippen LogP contribution >= 0.6 is 0 Å². The average Bonchev–Trinajstić information content (AvgIpc) is 2.79. The lowest BCUT2D eigenvalue weighted by Crippen LogP contribution is -2.37. The number of hydrogen-bond acceptors (Lipinski definition) is 5. The first-order chi connectivity index (χ1) is 15.7. The molecule has 2 amide bonds. The molecule has 7 nitrogen and oxygen atoms in total. The van der Waals surface area contributed by atoms with Crippen LogP contribution in [-0.4, -0.2) is 30.3 Å². The lowest BCUT2D eigenvalue weighted by atomic mass is 9.87. The van der Waals surface area contributed by atoms with Crippen molar-refractivity contribution in [3.8, 4) is 5.75 Å². The molecule has 7 heteroatoms. The number of rotatable bonds is 7. The van der Waals surface area contributed by atoms with Crippen molar-refractivity contribution in [1.82, 2.24) is 10.6 Å². The zero-order valence-corrected chi connectivity index (χ0v) is 19.4. The van der Waals surface area contributed by atoms with Gasteiger partial charge in [0, 0.05) is 11.9 Å². The zero-order valence-electron chi connectivity index (χ0n) is 19.4. The Hall–Kier alpha value is -3.58. The summed E-state index contributed by atoms with van der Waals surface area (Å²) in [5, 5.41) is 17.9. The molecule has 1 heterocycles. The summed E-state index contributed by atoms with van der Waals surface area (Å²) in [5.74, 6) is -0.00832. The second-order valence-electron chi connectivity index (χ2n) is 8.96. The third-order valence-electron chi connectivity index (χ3n) is 5.33. The van der Waals surface area contributed by atoms with Crippen LogP contribution in [-0.2, 0) is 15.0 Å². The number of nitrogens with one attached hydrogen (secondary N) is 3. The summed E-state index contributed by atoms with van der Waals surface area (Å²) in [6.07, 6.45) is 4.12. The SMILES string of the molecule is COc1ccc(C(NC(=O)CC2=CNC(O)C=C2)C(=O)Nc2ccc(C(C)(C)C)cc2)cc1. The Morgan fingerprint density at radius 3 is 2.30 bits per heavy atom. The van der Waals surface area contributed by atoms with E-state index in [-0.39, 0.29) is 23.7 Å². The highest BCUT2D eigenvalue weighted by atomic mass is 16.5. The van der Waals surface area contributed by atoms with Gasteiger partial charge in [-0.15, -0.1) is 0 Å². The van der Waals surface area contributed by atoms with Crippen LogP contribution in [0.3, 0.4) is 0 Å². The van der Waals surface area contributed by atoms with E-state index in [1.54, 1.807) is 49.7 Å². The first-order valence-electron chi connectivity index (χ1n) is 10.8. The quantitative estimate of drug-likeness (QED) is 0.518. The molecule has 3 rings (SSSR count). The Bertz CT molecular complexity index is 1030. The number of dihydropyridines is 1. The smallest absolute Gasteiger partial charge is 0.251 e. The maximum atomic E-state index is 13.2. The van der Waals surface area contributed by atoms with Crippen molar-refractivity contribution in [2.24, 2.45) is 0 Å². The third-order valence-corrected chi connectivity index (χ3v) is 5.33. The molecule has 0 saturated heterocycles. The fourth-order valence-corrected chi connectivity index (χ4v) is 3.38. The molecule has 1 aliphatic heterocycles. The molecule has 0 fully saturated rings. The monoisotopic (exact) mass is 449 g/mol. The molecule has 0 bridgehead atoms. The fourth-order valence-electron chi connectivity index (χ4n) is 3.38. The number of amides is 2. The second kappa shape index (κ2) is 10.4. The lowest BCUT2D eigenvalue weighted by molar-refractivity contribution is -0.126. The summed E-state index contributed by atoms with van der Waals surface area (Å²) >= 11 is 0. The van der Waals surface area contributed by atoms with E-state index < -0.39 is 12.3 Å². The van der Waals surface area contributed by atoms with Gasteiger partial charge in [0.2, 0.25) is 5.91 Å². The molecule has 2 unspecified atom stereocenters. The van der Waals surface area contributed by atoms with Crippen molar-refractivity contribution in [3.05, 3.63) is 83.6 Å². The summed E-state index contributed by atoms with van der Waals surface area (Å²) in [5.41, 5.74) is 3.15. The van der Waals surface area contributed by atoms with E-state index in [2.05, 4.69) is 36.7 Å². The van der Waals surface area contributed by atoms with E-state index in [0.717, 1.165) is 5.56 Å². The summed E-state index contributed by atoms with van der Waals surface area (Å²) in [6.45, 7) is 6.38. The Morgan fingerprint density at radius 1 is 1.09 bits per heavy atom. The van der Waals surface area contributed by atoms with Gasteiger partial charge in [-0.25, -0.2) is 0 Å². The highest BCUT2D eigenvalue weighted by Gasteiger charge is 2.24. The maximum Gasteiger partial charge on any atom is 0.251 e. The zero-order chi connectivity index (χ0) is 24.0. The predicted molar refractivity (Wildman–Crippen MR) is 129 cm³/mol. The lowest BCUT2D eigenvalue weighted by Gasteiger charge is -2.21. The van der Waals surface area contributed by atoms with Crippen LogP contribution in [0.4, 0.5) is 5.69 Å². The van der Waals surface area contributed by atoms with Crippen molar-refractivity contribution >= 4 is 17.5 Å². The predicted octanol–water partition coefficient (Wildman–Crippen LogP) is 3.54. The Morgan fingerprint density at radius 2 is 1.76 bits per heavy atom. The molecule has 2 atom stereocenters. The molecule has 1 aliphatic rings. The van der Waals surface area contributed by atoms with Crippen molar-refractivity contribution in [2.45, 2.75) is 44.9 Å². The summed E-state index contributed by atoms with van der Waals surface area (Å²) < 4.78 is 5.20. The van der Waals surface area contributed by atoms with E-state index in [1.807, 2.05) is 24.3 Å². The van der Waals surface area contributed by atoms with Gasteiger partial charge >= 0.3 is 0 Å². The first-order valence-corrected chi connectivity index (χ1v) is 10.8. The molecular weight excluding hydrogens is 418 g/mol. The molecule has 0 spiro atoms. The summed E-state index contributed by atoms with van der Waals surface area (Å²) in [6, 6.07) is 13.8. The molecule has 0 saturated carbocycles. The number of aliphatic hydroxyl groups is 1. The van der Waals surface area contributed by atoms with E-state index >= 15 is 0 Å². The van der Waals surface area contributed by atoms with E-state index in [1.165, 1.54) is 0 Å². The van der Waals surface area contributed by atoms with Crippen LogP contribution in [0.5, 0.6) is 5.75 Å². The Kier molecular flexibility index (Phi) is 7.55. The van der Waals surface area contributed by atoms with Crippen LogP contribution in [0.1, 0.15) is 44.4 Å². The standard InChI is InChI=1S/C26H31N3O4/c1-26(2,3)19-8-10-20(11-9-19)28-25(32)24(18-6-12-21(33-4)13-7-18)29-23(31)15-17-5-14-22(30)27-16-17/h5-14,16,22,24,27,30H,15H2,1-4H3,(H,28,32)(H,29,31). The number of carbonyl (C=O) groups excluding carboxylic acids is 2. The fraction of sp³-hybridized carbons (Fsp3) is 0.308. The minimum Gasteiger partial charge on any atom is -0.497 e. The third kappa shape index (κ3) is 6.70. The van der Waals surface area contributed by atoms with Gasteiger partial charge in [0.05, 0.1) is 13.5 Å². The van der Waals surface area contributed by atoms with E-state index in [0.29, 0.717) is 22.6 Å². The molecule has 2 aromatic carbocycles. The topological polar surface area (TPSA) is 99.7 Å². The highest BCUT2D eigenvalue weighted by molar-refractivity contribution is 5.98. The van der Waals surface area contributed by atoms with Crippen molar-refractivity contribution in [3.63, 3.8) is 0 Å². The Labute approximate surface area is 194 Å². The molecule has 2 aromatic rings. The van der Waals surface area contributed by atoms with Gasteiger partial charge in [-0.1, -0.05) is 51.1 Å². The first kappa shape index (κ1) is 24.1. The van der Waals surface area contributed by atoms with Gasteiger partial charge in [-0.05, 0) is 52.5 Å². The number of carbonyl (C=O) groups is 2. The van der Waals surface area contributed by atoms with Crippen LogP contribution in [0.2, 0.25) is 0 Å². The van der Waals surface area contributed by atoms with E-state index in [4.69, 9.17) is 4.74 Å². The molecule has 0 radical (unpaired) electrons. The minimum absolute atomic E-state index is 0.00922. The number of benzene rings is 2. The highest BCUT2D eigenvalue weighted by Crippen LogP contribution is 2.25. The van der Waals surface area contributed by atoms with Crippen LogP contribution in [0.15, 0.2) is 72.5 Å². The van der Waals surface area contributed by atoms with Gasteiger partial charge in [-0.3, -0.25) is 9.59 Å². The molecule has 0 aliphatic carbocycles. The van der Waals surface area contributed by atoms with Crippen LogP contribution < -0.4 is 20.7 Å². The number of ether oxygens (including phenoxy) is 1. The summed E-state index contributed by atoms with van der Waals surface area (Å²) in [7, 11) is 1.57. The second-order valence-corrected chi connectivity index (χ2v) is 8.96. The van der Waals surface area contributed by atoms with Crippen molar-refractivity contribution in [1.29, 1.82) is 0 Å². The molecule has 0 aromatic heterocycles. The number of methoxy groups -OCH3 is 1. The minimum atomic E-state index is -0.891. The molecule has 4 N–H and O–H groups in total. The number of hydrogen-bond donors (Lipinski definition) is 4. The van der Waals surface area contributed by atoms with Gasteiger partial charge < -0.3 is 25.8 Å². The van der Waals surface area contributed by atoms with Crippen LogP contribution in [0.25, 0.3) is 0 Å². The number of aliphatic hydroxyl groups excluding tert-OH is 1. The molecular formula is C26H31N3O4. The van der Waals surface area contributed by atoms with Gasteiger partial charge in [-0.2, -0.15) is 0 Å². The maximum absolute atomic E-state index is 13.2. The van der Waals surface area contributed by atoms with Gasteiger partial charge in [0.25, 0.3) is 5.91 Å². The van der Waals surface area contributed by atoms with E-state index in [9.17, 15) is 14.7 Å².